The van der Waals surface area contributed by atoms with Gasteiger partial charge in [0.1, 0.15) is 0 Å². The molecule has 4 heavy (non-hydrogen) atoms. The average Bonchev–Trinajstić information content (AvgIpc) is 0. The third-order valence-electron chi connectivity index (χ3n) is 0. The molecule has 0 aromatic carbocycles. The first-order valence-corrected chi connectivity index (χ1v) is 0. The van der Waals surface area contributed by atoms with Crippen LogP contribution in [0.2, 0.25) is 0 Å². The van der Waals surface area contributed by atoms with Crippen molar-refractivity contribution in [3.8, 4) is 0 Å². The first kappa shape index (κ1) is 32.0. The van der Waals surface area contributed by atoms with E-state index in [1.54, 1.807) is 0 Å². The topological polar surface area (TPSA) is 0 Å². The van der Waals surface area contributed by atoms with E-state index in [0.717, 1.165) is 0 Å². The second-order valence-corrected chi connectivity index (χ2v) is 0. The van der Waals surface area contributed by atoms with Crippen LogP contribution in [0.3, 0.4) is 0 Å². The maximum Gasteiger partial charge on any atom is 0 e. The Morgan fingerprint density at radius 2 is 1.00 bits per heavy atom. The molecule has 2 radical (unpaired) electrons. The van der Waals surface area contributed by atoms with Crippen LogP contribution in [0, 0.1) is 0 Å². The fourth-order valence-corrected chi connectivity index (χ4v) is 0. The van der Waals surface area contributed by atoms with Crippen molar-refractivity contribution in [2.24, 2.45) is 0 Å². The van der Waals surface area contributed by atoms with Crippen molar-refractivity contribution in [2.75, 3.05) is 0 Å². The Labute approximate surface area is 76.0 Å². The first-order chi connectivity index (χ1) is 0. The summed E-state index contributed by atoms with van der Waals surface area (Å²) >= 11 is 0. The van der Waals surface area contributed by atoms with Gasteiger partial charge in [0.15, 0.2) is 0 Å². The molecule has 0 spiro atoms. The average molecular weight is 414 g/mol. The molecular formula is AgCuNiW. The minimum atomic E-state index is 0. The van der Waals surface area contributed by atoms with Crippen LogP contribution in [-0.4, -0.2) is 0 Å². The van der Waals surface area contributed by atoms with Crippen molar-refractivity contribution >= 4 is 0 Å². The summed E-state index contributed by atoms with van der Waals surface area (Å²) in [5.74, 6) is 0. The van der Waals surface area contributed by atoms with Gasteiger partial charge in [0, 0.05) is 77.0 Å². The molecule has 0 fully saturated rings. The van der Waals surface area contributed by atoms with Gasteiger partial charge in [-0.05, 0) is 0 Å². The molecule has 0 aliphatic rings. The van der Waals surface area contributed by atoms with Crippen molar-refractivity contribution in [3.05, 3.63) is 0 Å². The summed E-state index contributed by atoms with van der Waals surface area (Å²) in [7, 11) is 0. The second kappa shape index (κ2) is 18.0. The maximum absolute atomic E-state index is 0. The molecule has 0 saturated heterocycles. The Bertz CT molecular complexity index is 8.00. The Morgan fingerprint density at radius 3 is 1.00 bits per heavy atom. The molecule has 4 heteroatoms. The molecule has 0 unspecified atom stereocenters. The molecule has 0 aromatic heterocycles. The Kier molecular flexibility index (Phi) is 144. The van der Waals surface area contributed by atoms with Crippen LogP contribution in [0.5, 0.6) is 0 Å². The second-order valence-electron chi connectivity index (χ2n) is 0. The third-order valence-corrected chi connectivity index (χ3v) is 0. The molecule has 38 valence electrons. The van der Waals surface area contributed by atoms with E-state index in [4.69, 9.17) is 0 Å². The monoisotopic (exact) mass is 412 g/mol. The van der Waals surface area contributed by atoms with Crippen LogP contribution in [0.15, 0.2) is 0 Å². The SMILES string of the molecule is [Ag].[Cu].[Ni].[W]. The van der Waals surface area contributed by atoms with Crippen molar-refractivity contribution in [2.45, 2.75) is 0 Å². The predicted molar refractivity (Wildman–Crippen MR) is 0 cm³/mol. The number of hydrogen-bond acceptors (Lipinski definition) is 0. The van der Waals surface area contributed by atoms with Gasteiger partial charge in [0.2, 0.25) is 0 Å². The molecule has 0 aromatic rings. The summed E-state index contributed by atoms with van der Waals surface area (Å²) in [6.45, 7) is 0. The number of rotatable bonds is 0. The summed E-state index contributed by atoms with van der Waals surface area (Å²) in [6, 6.07) is 0. The smallest absolute Gasteiger partial charge is 0 e. The first-order valence-electron chi connectivity index (χ1n) is 0. The summed E-state index contributed by atoms with van der Waals surface area (Å²) in [5, 5.41) is 0. The van der Waals surface area contributed by atoms with Gasteiger partial charge in [0.05, 0.1) is 0 Å². The van der Waals surface area contributed by atoms with Gasteiger partial charge < -0.3 is 0 Å². The molecule has 0 aliphatic heterocycles. The summed E-state index contributed by atoms with van der Waals surface area (Å²) < 4.78 is 0. The molecule has 0 amide bonds. The number of hydrogen-bond donors (Lipinski definition) is 0. The zero-order chi connectivity index (χ0) is 0. The van der Waals surface area contributed by atoms with E-state index in [-0.39, 0.29) is 77.0 Å². The standard InChI is InChI=1S/Ag.Cu.Ni.W. The zero-order valence-corrected chi connectivity index (χ0v) is 7.67. The zero-order valence-electron chi connectivity index (χ0n) is 1.33. The van der Waals surface area contributed by atoms with Gasteiger partial charge in [-0.2, -0.15) is 0 Å². The summed E-state index contributed by atoms with van der Waals surface area (Å²) in [4.78, 5) is 0. The summed E-state index contributed by atoms with van der Waals surface area (Å²) in [6.07, 6.45) is 0. The van der Waals surface area contributed by atoms with E-state index < -0.39 is 0 Å². The van der Waals surface area contributed by atoms with Crippen LogP contribution in [0.4, 0.5) is 0 Å². The van der Waals surface area contributed by atoms with Crippen LogP contribution in [0.1, 0.15) is 0 Å². The van der Waals surface area contributed by atoms with Crippen molar-refractivity contribution < 1.29 is 77.0 Å². The van der Waals surface area contributed by atoms with Crippen LogP contribution >= 0.6 is 0 Å². The molecule has 0 N–H and O–H groups in total. The molecule has 0 bridgehead atoms. The van der Waals surface area contributed by atoms with Crippen molar-refractivity contribution in [1.29, 1.82) is 0 Å². The van der Waals surface area contributed by atoms with E-state index in [1.165, 1.54) is 0 Å². The summed E-state index contributed by atoms with van der Waals surface area (Å²) in [5.41, 5.74) is 0. The van der Waals surface area contributed by atoms with Gasteiger partial charge in [-0.15, -0.1) is 0 Å². The van der Waals surface area contributed by atoms with Gasteiger partial charge in [-0.25, -0.2) is 0 Å². The minimum Gasteiger partial charge on any atom is 0 e. The Hall–Kier alpha value is 2.44. The fraction of sp³-hybridized carbons (Fsp3) is 0. The maximum atomic E-state index is 0. The van der Waals surface area contributed by atoms with Gasteiger partial charge in [0.25, 0.3) is 0 Å². The molecule has 0 nitrogen and oxygen atoms in total. The van der Waals surface area contributed by atoms with Crippen LogP contribution < -0.4 is 0 Å². The van der Waals surface area contributed by atoms with Crippen LogP contribution in [-0.2, 0) is 77.0 Å². The quantitative estimate of drug-likeness (QED) is 0.490. The molecule has 0 aliphatic carbocycles. The van der Waals surface area contributed by atoms with E-state index in [9.17, 15) is 0 Å². The van der Waals surface area contributed by atoms with Gasteiger partial charge >= 0.3 is 0 Å². The Balaban J connectivity index is 0. The predicted octanol–water partition coefficient (Wildman–Crippen LogP) is -0.0100. The molecule has 0 atom stereocenters. The minimum absolute atomic E-state index is 0. The largest absolute Gasteiger partial charge is 0 e. The molecule has 0 heterocycles. The third kappa shape index (κ3) is 8.82. The molecular weight excluding hydrogens is 414 g/mol. The van der Waals surface area contributed by atoms with E-state index in [1.807, 2.05) is 0 Å². The Morgan fingerprint density at radius 1 is 1.00 bits per heavy atom. The van der Waals surface area contributed by atoms with E-state index >= 15 is 0 Å². The fourth-order valence-electron chi connectivity index (χ4n) is 0. The van der Waals surface area contributed by atoms with Crippen molar-refractivity contribution in [3.63, 3.8) is 0 Å². The normalized spacial score (nSPS) is 0. The van der Waals surface area contributed by atoms with Gasteiger partial charge in [-0.1, -0.05) is 0 Å². The molecule has 0 saturated carbocycles. The van der Waals surface area contributed by atoms with Gasteiger partial charge in [-0.3, -0.25) is 0 Å². The van der Waals surface area contributed by atoms with Crippen LogP contribution in [0.25, 0.3) is 0 Å². The molecule has 0 rings (SSSR count). The van der Waals surface area contributed by atoms with Crippen molar-refractivity contribution in [1.82, 2.24) is 0 Å². The van der Waals surface area contributed by atoms with E-state index in [0.29, 0.717) is 0 Å². The van der Waals surface area contributed by atoms with E-state index in [2.05, 4.69) is 0 Å².